The van der Waals surface area contributed by atoms with Crippen LogP contribution in [0.5, 0.6) is 0 Å². The second-order valence-electron chi connectivity index (χ2n) is 3.43. The van der Waals surface area contributed by atoms with E-state index in [9.17, 15) is 4.79 Å². The Bertz CT molecular complexity index is 154. The maximum Gasteiger partial charge on any atom is 0.142 e. The smallest absolute Gasteiger partial charge is 0.142 e. The summed E-state index contributed by atoms with van der Waals surface area (Å²) in [6.45, 7) is 7.98. The fourth-order valence-electron chi connectivity index (χ4n) is 0.698. The summed E-state index contributed by atoms with van der Waals surface area (Å²) >= 11 is 0. The van der Waals surface area contributed by atoms with Gasteiger partial charge in [0.2, 0.25) is 0 Å². The average Bonchev–Trinajstić information content (AvgIpc) is 2.00. The zero-order valence-electron chi connectivity index (χ0n) is 7.98. The molecule has 0 N–H and O–H groups in total. The number of hydrogen-bond donors (Lipinski definition) is 0. The van der Waals surface area contributed by atoms with E-state index in [4.69, 9.17) is 0 Å². The van der Waals surface area contributed by atoms with Gasteiger partial charge in [-0.3, -0.25) is 4.79 Å². The summed E-state index contributed by atoms with van der Waals surface area (Å²) in [5.74, 6) is 0.332. The molecule has 0 atom stereocenters. The highest BCUT2D eigenvalue weighted by atomic mass is 16.1. The summed E-state index contributed by atoms with van der Waals surface area (Å²) in [5, 5.41) is 0. The predicted molar refractivity (Wildman–Crippen MR) is 48.5 cm³/mol. The van der Waals surface area contributed by atoms with Crippen molar-refractivity contribution < 1.29 is 4.79 Å². The summed E-state index contributed by atoms with van der Waals surface area (Å²) in [7, 11) is 0. The fraction of sp³-hybridized carbons (Fsp3) is 0.700. The first-order valence-electron chi connectivity index (χ1n) is 4.19. The molecule has 0 aliphatic heterocycles. The Morgan fingerprint density at radius 1 is 1.45 bits per heavy atom. The van der Waals surface area contributed by atoms with Gasteiger partial charge in [0, 0.05) is 11.8 Å². The van der Waals surface area contributed by atoms with Gasteiger partial charge in [-0.05, 0) is 13.3 Å². The molecule has 0 spiro atoms. The monoisotopic (exact) mass is 154 g/mol. The molecule has 0 saturated carbocycles. The molecule has 0 amide bonds. The molecule has 0 aliphatic carbocycles. The summed E-state index contributed by atoms with van der Waals surface area (Å²) in [5.41, 5.74) is -0.139. The van der Waals surface area contributed by atoms with Crippen LogP contribution in [0.25, 0.3) is 0 Å². The van der Waals surface area contributed by atoms with Gasteiger partial charge in [0.1, 0.15) is 5.78 Å². The van der Waals surface area contributed by atoms with Crippen LogP contribution in [0.3, 0.4) is 0 Å². The molecule has 11 heavy (non-hydrogen) atoms. The van der Waals surface area contributed by atoms with Crippen molar-refractivity contribution in [1.82, 2.24) is 0 Å². The van der Waals surface area contributed by atoms with Crippen molar-refractivity contribution in [2.24, 2.45) is 5.41 Å². The Labute approximate surface area is 69.5 Å². The van der Waals surface area contributed by atoms with Gasteiger partial charge in [0.15, 0.2) is 0 Å². The fourth-order valence-corrected chi connectivity index (χ4v) is 0.698. The van der Waals surface area contributed by atoms with E-state index in [2.05, 4.69) is 0 Å². The molecule has 64 valence electrons. The van der Waals surface area contributed by atoms with Crippen molar-refractivity contribution in [2.75, 3.05) is 0 Å². The number of rotatable bonds is 4. The molecular formula is C10H18O. The first kappa shape index (κ1) is 10.4. The quantitative estimate of drug-likeness (QED) is 0.569. The number of hydrogen-bond acceptors (Lipinski definition) is 1. The Hall–Kier alpha value is -0.590. The molecule has 1 heteroatoms. The van der Waals surface area contributed by atoms with E-state index in [1.54, 1.807) is 0 Å². The predicted octanol–water partition coefficient (Wildman–Crippen LogP) is 2.96. The van der Waals surface area contributed by atoms with E-state index in [1.165, 1.54) is 0 Å². The van der Waals surface area contributed by atoms with Gasteiger partial charge < -0.3 is 0 Å². The highest BCUT2D eigenvalue weighted by molar-refractivity contribution is 5.85. The summed E-state index contributed by atoms with van der Waals surface area (Å²) in [4.78, 5) is 11.4. The highest BCUT2D eigenvalue weighted by Crippen LogP contribution is 2.22. The minimum atomic E-state index is -0.139. The lowest BCUT2D eigenvalue weighted by Gasteiger charge is -2.19. The molecule has 0 unspecified atom stereocenters. The van der Waals surface area contributed by atoms with Crippen LogP contribution in [-0.4, -0.2) is 5.78 Å². The Morgan fingerprint density at radius 3 is 2.36 bits per heavy atom. The van der Waals surface area contributed by atoms with Gasteiger partial charge >= 0.3 is 0 Å². The van der Waals surface area contributed by atoms with Crippen molar-refractivity contribution >= 4 is 5.78 Å². The third kappa shape index (κ3) is 3.35. The number of carbonyl (C=O) groups is 1. The maximum absolute atomic E-state index is 11.4. The maximum atomic E-state index is 11.4. The molecule has 0 saturated heterocycles. The second-order valence-corrected chi connectivity index (χ2v) is 3.43. The third-order valence-corrected chi connectivity index (χ3v) is 2.18. The van der Waals surface area contributed by atoms with E-state index in [1.807, 2.05) is 39.8 Å². The number of ketones is 1. The third-order valence-electron chi connectivity index (χ3n) is 2.18. The molecule has 0 aromatic carbocycles. The van der Waals surface area contributed by atoms with E-state index in [0.29, 0.717) is 12.2 Å². The molecular weight excluding hydrogens is 136 g/mol. The standard InChI is InChI=1S/C10H18O/c1-5-7-8-9(11)10(3,4)6-2/h5,7H,6,8H2,1-4H3/b7-5+. The van der Waals surface area contributed by atoms with Crippen LogP contribution >= 0.6 is 0 Å². The number of carbonyl (C=O) groups excluding carboxylic acids is 1. The van der Waals surface area contributed by atoms with Crippen LogP contribution in [0.4, 0.5) is 0 Å². The topological polar surface area (TPSA) is 17.1 Å². The molecule has 0 radical (unpaired) electrons. The minimum absolute atomic E-state index is 0.139. The van der Waals surface area contributed by atoms with Crippen LogP contribution in [0.1, 0.15) is 40.5 Å². The van der Waals surface area contributed by atoms with Gasteiger partial charge in [-0.15, -0.1) is 0 Å². The summed E-state index contributed by atoms with van der Waals surface area (Å²) in [6, 6.07) is 0. The zero-order valence-corrected chi connectivity index (χ0v) is 7.98. The van der Waals surface area contributed by atoms with Gasteiger partial charge in [0.05, 0.1) is 0 Å². The largest absolute Gasteiger partial charge is 0.299 e. The van der Waals surface area contributed by atoms with E-state index in [-0.39, 0.29) is 5.41 Å². The lowest BCUT2D eigenvalue weighted by atomic mass is 9.84. The minimum Gasteiger partial charge on any atom is -0.299 e. The number of Topliss-reactive ketones (excluding diaryl/α,β-unsaturated/α-hetero) is 1. The second kappa shape index (κ2) is 4.32. The lowest BCUT2D eigenvalue weighted by molar-refractivity contribution is -0.126. The molecule has 0 bridgehead atoms. The van der Waals surface area contributed by atoms with Gasteiger partial charge in [-0.2, -0.15) is 0 Å². The van der Waals surface area contributed by atoms with Crippen LogP contribution in [0.15, 0.2) is 12.2 Å². The Balaban J connectivity index is 4.02. The van der Waals surface area contributed by atoms with Crippen molar-refractivity contribution in [3.8, 4) is 0 Å². The van der Waals surface area contributed by atoms with Crippen LogP contribution in [-0.2, 0) is 4.79 Å². The van der Waals surface area contributed by atoms with Crippen LogP contribution in [0.2, 0.25) is 0 Å². The summed E-state index contributed by atoms with van der Waals surface area (Å²) < 4.78 is 0. The average molecular weight is 154 g/mol. The Kier molecular flexibility index (Phi) is 4.09. The molecule has 0 heterocycles. The molecule has 0 rings (SSSR count). The normalized spacial score (nSPS) is 12.4. The van der Waals surface area contributed by atoms with Crippen molar-refractivity contribution in [2.45, 2.75) is 40.5 Å². The van der Waals surface area contributed by atoms with E-state index in [0.717, 1.165) is 6.42 Å². The molecule has 0 fully saturated rings. The van der Waals surface area contributed by atoms with Crippen LogP contribution < -0.4 is 0 Å². The molecule has 0 aromatic heterocycles. The highest BCUT2D eigenvalue weighted by Gasteiger charge is 2.23. The molecule has 1 nitrogen and oxygen atoms in total. The van der Waals surface area contributed by atoms with E-state index >= 15 is 0 Å². The SMILES string of the molecule is C/C=C/CC(=O)C(C)(C)CC. The first-order chi connectivity index (χ1) is 5.04. The molecule has 0 aliphatic rings. The van der Waals surface area contributed by atoms with Gasteiger partial charge in [-0.25, -0.2) is 0 Å². The summed E-state index contributed by atoms with van der Waals surface area (Å²) in [6.07, 6.45) is 5.34. The Morgan fingerprint density at radius 2 is 2.00 bits per heavy atom. The van der Waals surface area contributed by atoms with Gasteiger partial charge in [-0.1, -0.05) is 32.9 Å². The number of allylic oxidation sites excluding steroid dienone is 2. The van der Waals surface area contributed by atoms with Crippen molar-refractivity contribution in [3.05, 3.63) is 12.2 Å². The first-order valence-corrected chi connectivity index (χ1v) is 4.19. The van der Waals surface area contributed by atoms with Gasteiger partial charge in [0.25, 0.3) is 0 Å². The molecule has 0 aromatic rings. The van der Waals surface area contributed by atoms with Crippen molar-refractivity contribution in [1.29, 1.82) is 0 Å². The van der Waals surface area contributed by atoms with Crippen molar-refractivity contribution in [3.63, 3.8) is 0 Å². The lowest BCUT2D eigenvalue weighted by Crippen LogP contribution is -2.22. The van der Waals surface area contributed by atoms with Crippen LogP contribution in [0, 0.1) is 5.41 Å². The zero-order chi connectivity index (χ0) is 8.91. The van der Waals surface area contributed by atoms with E-state index < -0.39 is 0 Å².